The lowest BCUT2D eigenvalue weighted by atomic mass is 10.2. The first-order valence-electron chi connectivity index (χ1n) is 7.79. The van der Waals surface area contributed by atoms with Crippen LogP contribution in [0.25, 0.3) is 0 Å². The summed E-state index contributed by atoms with van der Waals surface area (Å²) < 4.78 is 0. The Morgan fingerprint density at radius 1 is 1.25 bits per heavy atom. The summed E-state index contributed by atoms with van der Waals surface area (Å²) in [7, 11) is 4.06. The highest BCUT2D eigenvalue weighted by molar-refractivity contribution is 6.31. The van der Waals surface area contributed by atoms with Crippen molar-refractivity contribution in [1.29, 1.82) is 0 Å². The number of benzene rings is 1. The van der Waals surface area contributed by atoms with E-state index in [2.05, 4.69) is 25.5 Å². The highest BCUT2D eigenvalue weighted by atomic mass is 35.5. The lowest BCUT2D eigenvalue weighted by Gasteiger charge is -2.10. The Labute approximate surface area is 147 Å². The van der Waals surface area contributed by atoms with Crippen molar-refractivity contribution < 1.29 is 4.79 Å². The Balaban J connectivity index is 1.88. The maximum atomic E-state index is 12.2. The molecule has 0 saturated heterocycles. The largest absolute Gasteiger partial charge is 0.354 e. The van der Waals surface area contributed by atoms with E-state index in [1.165, 1.54) is 0 Å². The average Bonchev–Trinajstić information content (AvgIpc) is 2.58. The zero-order valence-electron chi connectivity index (χ0n) is 13.9. The summed E-state index contributed by atoms with van der Waals surface area (Å²) in [4.78, 5) is 22.7. The lowest BCUT2D eigenvalue weighted by Crippen LogP contribution is -2.24. The van der Waals surface area contributed by atoms with Gasteiger partial charge in [0.2, 0.25) is 5.95 Å². The Morgan fingerprint density at radius 3 is 2.79 bits per heavy atom. The van der Waals surface area contributed by atoms with Gasteiger partial charge in [0.15, 0.2) is 0 Å². The van der Waals surface area contributed by atoms with Crippen LogP contribution in [-0.4, -0.2) is 48.0 Å². The summed E-state index contributed by atoms with van der Waals surface area (Å²) >= 11 is 6.08. The Morgan fingerprint density at radius 2 is 2.04 bits per heavy atom. The van der Waals surface area contributed by atoms with Crippen LogP contribution in [0.15, 0.2) is 36.5 Å². The van der Waals surface area contributed by atoms with Crippen molar-refractivity contribution in [3.05, 3.63) is 52.8 Å². The predicted molar refractivity (Wildman–Crippen MR) is 96.3 cm³/mol. The molecule has 0 radical (unpaired) electrons. The summed E-state index contributed by atoms with van der Waals surface area (Å²) in [6.07, 6.45) is 2.55. The molecular weight excluding hydrogens is 326 g/mol. The monoisotopic (exact) mass is 347 g/mol. The molecule has 1 amide bonds. The van der Waals surface area contributed by atoms with E-state index in [0.29, 0.717) is 23.2 Å². The fraction of sp³-hybridized carbons (Fsp3) is 0.353. The van der Waals surface area contributed by atoms with Gasteiger partial charge in [0.25, 0.3) is 5.91 Å². The van der Waals surface area contributed by atoms with E-state index in [1.807, 2.05) is 32.3 Å². The highest BCUT2D eigenvalue weighted by Gasteiger charge is 2.09. The molecule has 1 aromatic carbocycles. The van der Waals surface area contributed by atoms with Crippen molar-refractivity contribution in [2.45, 2.75) is 13.0 Å². The topological polar surface area (TPSA) is 70.2 Å². The number of aromatic nitrogens is 2. The fourth-order valence-corrected chi connectivity index (χ4v) is 2.28. The number of halogens is 1. The van der Waals surface area contributed by atoms with Crippen LogP contribution >= 0.6 is 11.6 Å². The molecule has 1 aromatic heterocycles. The molecule has 128 valence electrons. The summed E-state index contributed by atoms with van der Waals surface area (Å²) in [6.45, 7) is 2.09. The lowest BCUT2D eigenvalue weighted by molar-refractivity contribution is 0.0946. The van der Waals surface area contributed by atoms with Crippen LogP contribution in [-0.2, 0) is 6.54 Å². The number of anilines is 1. The number of hydrogen-bond donors (Lipinski definition) is 2. The number of rotatable bonds is 8. The van der Waals surface area contributed by atoms with Crippen molar-refractivity contribution in [1.82, 2.24) is 20.2 Å². The summed E-state index contributed by atoms with van der Waals surface area (Å²) in [5, 5.41) is 6.57. The molecule has 2 rings (SSSR count). The van der Waals surface area contributed by atoms with E-state index >= 15 is 0 Å². The molecule has 0 bridgehead atoms. The minimum absolute atomic E-state index is 0.256. The van der Waals surface area contributed by atoms with Crippen molar-refractivity contribution in [2.24, 2.45) is 0 Å². The molecule has 0 saturated carbocycles. The molecule has 0 fully saturated rings. The Bertz CT molecular complexity index is 678. The van der Waals surface area contributed by atoms with E-state index in [4.69, 9.17) is 11.6 Å². The minimum Gasteiger partial charge on any atom is -0.354 e. The predicted octanol–water partition coefficient (Wildman–Crippen LogP) is 2.42. The van der Waals surface area contributed by atoms with Gasteiger partial charge in [-0.15, -0.1) is 0 Å². The van der Waals surface area contributed by atoms with E-state index in [0.717, 1.165) is 25.1 Å². The van der Waals surface area contributed by atoms with Gasteiger partial charge in [-0.25, -0.2) is 9.97 Å². The Hall–Kier alpha value is -2.18. The standard InChI is InChI=1S/C17H22ClN5O/c1-23(2)11-5-9-19-17-20-10-8-15(22-17)16(24)21-12-13-6-3-4-7-14(13)18/h3-4,6-8,10H,5,9,11-12H2,1-2H3,(H,21,24)(H,19,20,22). The quantitative estimate of drug-likeness (QED) is 0.718. The van der Waals surface area contributed by atoms with Crippen molar-refractivity contribution >= 4 is 23.5 Å². The maximum absolute atomic E-state index is 12.2. The molecule has 2 N–H and O–H groups in total. The van der Waals surface area contributed by atoms with Gasteiger partial charge < -0.3 is 15.5 Å². The van der Waals surface area contributed by atoms with Gasteiger partial charge >= 0.3 is 0 Å². The smallest absolute Gasteiger partial charge is 0.270 e. The van der Waals surface area contributed by atoms with E-state index in [1.54, 1.807) is 18.3 Å². The number of hydrogen-bond acceptors (Lipinski definition) is 5. The number of nitrogens with one attached hydrogen (secondary N) is 2. The molecule has 0 aliphatic rings. The van der Waals surface area contributed by atoms with Crippen LogP contribution in [0.2, 0.25) is 5.02 Å². The fourth-order valence-electron chi connectivity index (χ4n) is 2.07. The number of carbonyl (C=O) groups is 1. The summed E-state index contributed by atoms with van der Waals surface area (Å²) in [5.74, 6) is 0.202. The first-order chi connectivity index (χ1) is 11.6. The summed E-state index contributed by atoms with van der Waals surface area (Å²) in [5.41, 5.74) is 1.19. The van der Waals surface area contributed by atoms with Gasteiger partial charge in [-0.2, -0.15) is 0 Å². The van der Waals surface area contributed by atoms with Crippen molar-refractivity contribution in [2.75, 3.05) is 32.5 Å². The first-order valence-corrected chi connectivity index (χ1v) is 8.17. The van der Waals surface area contributed by atoms with E-state index in [9.17, 15) is 4.79 Å². The third-order valence-electron chi connectivity index (χ3n) is 3.35. The van der Waals surface area contributed by atoms with Crippen LogP contribution in [0.1, 0.15) is 22.5 Å². The van der Waals surface area contributed by atoms with Gasteiger partial charge in [-0.05, 0) is 44.8 Å². The number of amides is 1. The molecule has 24 heavy (non-hydrogen) atoms. The van der Waals surface area contributed by atoms with Crippen LogP contribution in [0, 0.1) is 0 Å². The molecule has 1 heterocycles. The second-order valence-corrected chi connectivity index (χ2v) is 6.03. The van der Waals surface area contributed by atoms with Gasteiger partial charge in [0.05, 0.1) is 0 Å². The van der Waals surface area contributed by atoms with Crippen LogP contribution in [0.4, 0.5) is 5.95 Å². The second kappa shape index (κ2) is 9.20. The third kappa shape index (κ3) is 5.79. The normalized spacial score (nSPS) is 10.7. The van der Waals surface area contributed by atoms with Crippen molar-refractivity contribution in [3.8, 4) is 0 Å². The maximum Gasteiger partial charge on any atom is 0.270 e. The van der Waals surface area contributed by atoms with Gasteiger partial charge in [0, 0.05) is 24.3 Å². The van der Waals surface area contributed by atoms with E-state index in [-0.39, 0.29) is 5.91 Å². The molecule has 0 atom stereocenters. The number of carbonyl (C=O) groups excluding carboxylic acids is 1. The highest BCUT2D eigenvalue weighted by Crippen LogP contribution is 2.14. The van der Waals surface area contributed by atoms with Gasteiger partial charge in [0.1, 0.15) is 5.69 Å². The zero-order chi connectivity index (χ0) is 17.4. The van der Waals surface area contributed by atoms with E-state index < -0.39 is 0 Å². The third-order valence-corrected chi connectivity index (χ3v) is 3.72. The molecule has 0 unspecified atom stereocenters. The molecular formula is C17H22ClN5O. The van der Waals surface area contributed by atoms with Crippen molar-refractivity contribution in [3.63, 3.8) is 0 Å². The number of nitrogens with zero attached hydrogens (tertiary/aromatic N) is 3. The summed E-state index contributed by atoms with van der Waals surface area (Å²) in [6, 6.07) is 9.00. The van der Waals surface area contributed by atoms with Crippen LogP contribution < -0.4 is 10.6 Å². The van der Waals surface area contributed by atoms with Crippen LogP contribution in [0.3, 0.4) is 0 Å². The zero-order valence-corrected chi connectivity index (χ0v) is 14.7. The second-order valence-electron chi connectivity index (χ2n) is 5.62. The SMILES string of the molecule is CN(C)CCCNc1nccc(C(=O)NCc2ccccc2Cl)n1. The molecule has 0 spiro atoms. The van der Waals surface area contributed by atoms with Crippen LogP contribution in [0.5, 0.6) is 0 Å². The molecule has 7 heteroatoms. The molecule has 0 aliphatic carbocycles. The first kappa shape index (κ1) is 18.2. The molecule has 6 nitrogen and oxygen atoms in total. The van der Waals surface area contributed by atoms with Gasteiger partial charge in [-0.1, -0.05) is 29.8 Å². The average molecular weight is 348 g/mol. The molecule has 2 aromatic rings. The molecule has 0 aliphatic heterocycles. The van der Waals surface area contributed by atoms with Gasteiger partial charge in [-0.3, -0.25) is 4.79 Å². The Kier molecular flexibility index (Phi) is 6.96. The minimum atomic E-state index is -0.256.